The number of nitro benzene ring substituents is 1. The number of nitro groups is 1. The van der Waals surface area contributed by atoms with E-state index in [4.69, 9.17) is 0 Å². The Bertz CT molecular complexity index is 891. The number of para-hydroxylation sites is 1. The maximum atomic E-state index is 11.0. The van der Waals surface area contributed by atoms with E-state index in [0.29, 0.717) is 0 Å². The largest absolute Gasteiger partial charge is 0.355 e. The third-order valence-electron chi connectivity index (χ3n) is 5.29. The SMILES string of the molecule is CN1c2ccccc2C(C)(C)[C@@]12C=Cc1cc([N+](=O)[O-])ccc1S2. The highest BCUT2D eigenvalue weighted by atomic mass is 32.2. The molecule has 2 heterocycles. The van der Waals surface area contributed by atoms with Gasteiger partial charge in [0.25, 0.3) is 5.69 Å². The Morgan fingerprint density at radius 2 is 1.92 bits per heavy atom. The quantitative estimate of drug-likeness (QED) is 0.551. The van der Waals surface area contributed by atoms with Gasteiger partial charge in [0.2, 0.25) is 0 Å². The van der Waals surface area contributed by atoms with Crippen LogP contribution in [0, 0.1) is 10.1 Å². The van der Waals surface area contributed by atoms with E-state index in [1.165, 1.54) is 11.3 Å². The number of thioether (sulfide) groups is 1. The van der Waals surface area contributed by atoms with Gasteiger partial charge in [-0.2, -0.15) is 0 Å². The minimum atomic E-state index is -0.343. The molecule has 2 aromatic carbocycles. The summed E-state index contributed by atoms with van der Waals surface area (Å²) in [4.78, 5) is 13.8. The van der Waals surface area contributed by atoms with E-state index in [1.54, 1.807) is 23.9 Å². The summed E-state index contributed by atoms with van der Waals surface area (Å²) in [5.74, 6) is 0. The van der Waals surface area contributed by atoms with E-state index in [-0.39, 0.29) is 20.9 Å². The van der Waals surface area contributed by atoms with Crippen molar-refractivity contribution in [2.24, 2.45) is 0 Å². The number of anilines is 1. The van der Waals surface area contributed by atoms with Gasteiger partial charge < -0.3 is 4.90 Å². The zero-order chi connectivity index (χ0) is 17.1. The van der Waals surface area contributed by atoms with Gasteiger partial charge in [0.1, 0.15) is 4.87 Å². The lowest BCUT2D eigenvalue weighted by Crippen LogP contribution is -2.50. The van der Waals surface area contributed by atoms with Gasteiger partial charge in [-0.1, -0.05) is 49.9 Å². The average Bonchev–Trinajstić information content (AvgIpc) is 2.74. The average molecular weight is 338 g/mol. The van der Waals surface area contributed by atoms with E-state index in [2.05, 4.69) is 56.1 Å². The normalized spacial score (nSPS) is 23.2. The number of rotatable bonds is 1. The lowest BCUT2D eigenvalue weighted by atomic mass is 9.79. The molecular formula is C19H18N2O2S. The third-order valence-corrected chi connectivity index (χ3v) is 7.11. The second kappa shape index (κ2) is 4.86. The second-order valence-corrected chi connectivity index (χ2v) is 8.08. The first kappa shape index (κ1) is 15.3. The Hall–Kier alpha value is -2.27. The highest BCUT2D eigenvalue weighted by molar-refractivity contribution is 8.01. The van der Waals surface area contributed by atoms with Crippen LogP contribution in [-0.2, 0) is 5.41 Å². The smallest absolute Gasteiger partial charge is 0.270 e. The zero-order valence-corrected chi connectivity index (χ0v) is 14.6. The topological polar surface area (TPSA) is 46.4 Å². The van der Waals surface area contributed by atoms with E-state index >= 15 is 0 Å². The minimum absolute atomic E-state index is 0.0844. The summed E-state index contributed by atoms with van der Waals surface area (Å²) in [6.45, 7) is 4.53. The summed E-state index contributed by atoms with van der Waals surface area (Å²) in [7, 11) is 2.13. The monoisotopic (exact) mass is 338 g/mol. The van der Waals surface area contributed by atoms with Crippen molar-refractivity contribution in [1.82, 2.24) is 0 Å². The first-order chi connectivity index (χ1) is 11.4. The summed E-state index contributed by atoms with van der Waals surface area (Å²) < 4.78 is 0. The zero-order valence-electron chi connectivity index (χ0n) is 13.8. The molecule has 122 valence electrons. The van der Waals surface area contributed by atoms with Crippen LogP contribution in [0.4, 0.5) is 11.4 Å². The molecule has 2 aliphatic heterocycles. The number of fused-ring (bicyclic) bond motifs is 2. The molecule has 0 aliphatic carbocycles. The predicted molar refractivity (Wildman–Crippen MR) is 98.6 cm³/mol. The number of hydrogen-bond acceptors (Lipinski definition) is 4. The van der Waals surface area contributed by atoms with Gasteiger partial charge in [0.15, 0.2) is 0 Å². The Morgan fingerprint density at radius 3 is 2.62 bits per heavy atom. The number of likely N-dealkylation sites (N-methyl/N-ethyl adjacent to an activating group) is 1. The first-order valence-electron chi connectivity index (χ1n) is 7.87. The van der Waals surface area contributed by atoms with Crippen molar-refractivity contribution < 1.29 is 4.92 Å². The van der Waals surface area contributed by atoms with E-state index < -0.39 is 0 Å². The molecule has 5 heteroatoms. The summed E-state index contributed by atoms with van der Waals surface area (Å²) >= 11 is 1.78. The summed E-state index contributed by atoms with van der Waals surface area (Å²) in [6, 6.07) is 13.6. The van der Waals surface area contributed by atoms with Crippen LogP contribution < -0.4 is 4.90 Å². The molecule has 0 unspecified atom stereocenters. The lowest BCUT2D eigenvalue weighted by Gasteiger charge is -2.45. The van der Waals surface area contributed by atoms with Crippen molar-refractivity contribution in [3.05, 3.63) is 69.8 Å². The highest BCUT2D eigenvalue weighted by Crippen LogP contribution is 2.60. The van der Waals surface area contributed by atoms with Crippen molar-refractivity contribution in [2.75, 3.05) is 11.9 Å². The van der Waals surface area contributed by atoms with Crippen molar-refractivity contribution in [1.29, 1.82) is 0 Å². The molecule has 4 rings (SSSR count). The third kappa shape index (κ3) is 1.82. The number of nitrogens with zero attached hydrogens (tertiary/aromatic N) is 2. The Morgan fingerprint density at radius 1 is 1.17 bits per heavy atom. The molecule has 2 aliphatic rings. The molecule has 0 radical (unpaired) electrons. The van der Waals surface area contributed by atoms with Gasteiger partial charge in [0, 0.05) is 35.2 Å². The minimum Gasteiger partial charge on any atom is -0.355 e. The predicted octanol–water partition coefficient (Wildman–Crippen LogP) is 4.84. The molecule has 0 amide bonds. The number of non-ortho nitro benzene ring substituents is 1. The van der Waals surface area contributed by atoms with Gasteiger partial charge >= 0.3 is 0 Å². The molecule has 0 bridgehead atoms. The van der Waals surface area contributed by atoms with Gasteiger partial charge in [0.05, 0.1) is 4.92 Å². The van der Waals surface area contributed by atoms with Gasteiger partial charge in [-0.25, -0.2) is 0 Å². The van der Waals surface area contributed by atoms with Gasteiger partial charge in [-0.3, -0.25) is 10.1 Å². The molecule has 2 aromatic rings. The van der Waals surface area contributed by atoms with E-state index in [9.17, 15) is 10.1 Å². The fourth-order valence-corrected chi connectivity index (χ4v) is 5.33. The molecule has 4 nitrogen and oxygen atoms in total. The van der Waals surface area contributed by atoms with Crippen LogP contribution in [-0.4, -0.2) is 16.8 Å². The van der Waals surface area contributed by atoms with Crippen molar-refractivity contribution in [3.63, 3.8) is 0 Å². The van der Waals surface area contributed by atoms with Crippen LogP contribution in [0.25, 0.3) is 6.08 Å². The summed E-state index contributed by atoms with van der Waals surface area (Å²) in [6.07, 6.45) is 4.23. The second-order valence-electron chi connectivity index (χ2n) is 6.81. The molecule has 0 saturated heterocycles. The van der Waals surface area contributed by atoms with Gasteiger partial charge in [-0.15, -0.1) is 0 Å². The molecule has 0 N–H and O–H groups in total. The molecule has 0 fully saturated rings. The molecule has 0 aromatic heterocycles. The first-order valence-corrected chi connectivity index (χ1v) is 8.68. The maximum Gasteiger partial charge on any atom is 0.270 e. The standard InChI is InChI=1S/C19H18N2O2S/c1-18(2)15-6-4-5-7-16(15)20(3)19(18)11-10-13-12-14(21(22)23)8-9-17(13)24-19/h4-12H,1-3H3/t19-/m0/s1. The van der Waals surface area contributed by atoms with E-state index in [0.717, 1.165) is 10.5 Å². The fraction of sp³-hybridized carbons (Fsp3) is 0.263. The number of hydrogen-bond donors (Lipinski definition) is 0. The van der Waals surface area contributed by atoms with Crippen molar-refractivity contribution in [3.8, 4) is 0 Å². The van der Waals surface area contributed by atoms with Crippen LogP contribution in [0.2, 0.25) is 0 Å². The highest BCUT2D eigenvalue weighted by Gasteiger charge is 2.55. The molecule has 1 spiro atoms. The summed E-state index contributed by atoms with van der Waals surface area (Å²) in [5, 5.41) is 11.0. The Labute approximate surface area is 145 Å². The van der Waals surface area contributed by atoms with Gasteiger partial charge in [-0.05, 0) is 29.3 Å². The van der Waals surface area contributed by atoms with E-state index in [1.807, 2.05) is 12.1 Å². The number of benzene rings is 2. The van der Waals surface area contributed by atoms with Crippen LogP contribution in [0.5, 0.6) is 0 Å². The van der Waals surface area contributed by atoms with Crippen LogP contribution in [0.15, 0.2) is 53.4 Å². The lowest BCUT2D eigenvalue weighted by molar-refractivity contribution is -0.384. The van der Waals surface area contributed by atoms with Crippen LogP contribution in [0.3, 0.4) is 0 Å². The molecule has 1 atom stereocenters. The van der Waals surface area contributed by atoms with Crippen molar-refractivity contribution >= 4 is 29.2 Å². The Balaban J connectivity index is 1.84. The maximum absolute atomic E-state index is 11.0. The van der Waals surface area contributed by atoms with Crippen molar-refractivity contribution in [2.45, 2.75) is 29.0 Å². The molecular weight excluding hydrogens is 320 g/mol. The molecule has 24 heavy (non-hydrogen) atoms. The molecule has 0 saturated carbocycles. The van der Waals surface area contributed by atoms with Crippen LogP contribution in [0.1, 0.15) is 25.0 Å². The van der Waals surface area contributed by atoms with Crippen LogP contribution >= 0.6 is 11.8 Å². The fourth-order valence-electron chi connectivity index (χ4n) is 3.88. The summed E-state index contributed by atoms with van der Waals surface area (Å²) in [5.41, 5.74) is 3.54. The Kier molecular flexibility index (Phi) is 3.09.